The van der Waals surface area contributed by atoms with Crippen LogP contribution in [-0.4, -0.2) is 34.3 Å². The number of hydrogen-bond donors (Lipinski definition) is 3. The molecule has 0 aliphatic carbocycles. The Kier molecular flexibility index (Phi) is 5.95. The lowest BCUT2D eigenvalue weighted by Crippen LogP contribution is -2.36. The highest BCUT2D eigenvalue weighted by molar-refractivity contribution is 5.53. The molecule has 0 amide bonds. The number of nitrogens with zero attached hydrogens (tertiary/aromatic N) is 1. The number of nitrogen functional groups attached to an aromatic ring is 1. The van der Waals surface area contributed by atoms with E-state index in [-0.39, 0.29) is 12.4 Å². The summed E-state index contributed by atoms with van der Waals surface area (Å²) in [6, 6.07) is 5.75. The van der Waals surface area contributed by atoms with Gasteiger partial charge in [-0.05, 0) is 30.5 Å². The molecular formula is C14H24N2O2. The topological polar surface area (TPSA) is 69.7 Å². The Morgan fingerprint density at radius 3 is 2.44 bits per heavy atom. The Labute approximate surface area is 109 Å². The van der Waals surface area contributed by atoms with Crippen LogP contribution in [0.15, 0.2) is 18.2 Å². The largest absolute Gasteiger partial charge is 0.506 e. The van der Waals surface area contributed by atoms with Crippen LogP contribution in [0.3, 0.4) is 0 Å². The van der Waals surface area contributed by atoms with Crippen LogP contribution in [0.25, 0.3) is 0 Å². The molecule has 1 aromatic rings. The van der Waals surface area contributed by atoms with Gasteiger partial charge in [-0.25, -0.2) is 0 Å². The van der Waals surface area contributed by atoms with Gasteiger partial charge in [0.15, 0.2) is 0 Å². The summed E-state index contributed by atoms with van der Waals surface area (Å²) in [7, 11) is 0. The summed E-state index contributed by atoms with van der Waals surface area (Å²) in [5.41, 5.74) is 7.16. The first-order valence-electron chi connectivity index (χ1n) is 6.54. The fraction of sp³-hybridized carbons (Fsp3) is 0.571. The second-order valence-corrected chi connectivity index (χ2v) is 4.56. The van der Waals surface area contributed by atoms with Gasteiger partial charge in [0.05, 0.1) is 12.3 Å². The van der Waals surface area contributed by atoms with E-state index in [9.17, 15) is 5.11 Å². The Hall–Kier alpha value is -1.26. The quantitative estimate of drug-likeness (QED) is 0.512. The van der Waals surface area contributed by atoms with E-state index in [0.717, 1.165) is 24.9 Å². The summed E-state index contributed by atoms with van der Waals surface area (Å²) in [5, 5.41) is 18.6. The predicted octanol–water partition coefficient (Wildman–Crippen LogP) is 1.96. The van der Waals surface area contributed by atoms with Crippen molar-refractivity contribution in [2.75, 3.05) is 18.9 Å². The first-order valence-corrected chi connectivity index (χ1v) is 6.54. The molecule has 0 atom stereocenters. The van der Waals surface area contributed by atoms with Gasteiger partial charge < -0.3 is 15.9 Å². The number of phenols is 1. The van der Waals surface area contributed by atoms with E-state index in [1.807, 2.05) is 6.07 Å². The maximum atomic E-state index is 9.40. The summed E-state index contributed by atoms with van der Waals surface area (Å²) >= 11 is 0. The Morgan fingerprint density at radius 1 is 1.28 bits per heavy atom. The minimum atomic E-state index is 0.120. The second kappa shape index (κ2) is 7.24. The van der Waals surface area contributed by atoms with E-state index >= 15 is 0 Å². The molecule has 102 valence electrons. The number of aliphatic hydroxyl groups excluding tert-OH is 1. The number of aliphatic hydroxyl groups is 1. The molecule has 0 unspecified atom stereocenters. The molecule has 4 heteroatoms. The molecule has 0 heterocycles. The number of aromatic hydroxyl groups is 1. The average Bonchev–Trinajstić information content (AvgIpc) is 2.35. The summed E-state index contributed by atoms with van der Waals surface area (Å²) in [6.45, 7) is 5.88. The van der Waals surface area contributed by atoms with Crippen molar-refractivity contribution in [3.05, 3.63) is 23.8 Å². The summed E-state index contributed by atoms with van der Waals surface area (Å²) < 4.78 is 0. The van der Waals surface area contributed by atoms with Gasteiger partial charge in [0, 0.05) is 19.1 Å². The van der Waals surface area contributed by atoms with Crippen molar-refractivity contribution in [3.63, 3.8) is 0 Å². The standard InChI is InChI=1S/C14H24N2O2/c1-3-12(4-2)16(7-8-17)10-11-5-6-14(18)13(15)9-11/h5-6,9,12,17-18H,3-4,7-8,10,15H2,1-2H3. The van der Waals surface area contributed by atoms with Crippen LogP contribution in [0.1, 0.15) is 32.3 Å². The minimum Gasteiger partial charge on any atom is -0.506 e. The highest BCUT2D eigenvalue weighted by Gasteiger charge is 2.15. The van der Waals surface area contributed by atoms with Gasteiger partial charge in [-0.15, -0.1) is 0 Å². The highest BCUT2D eigenvalue weighted by Crippen LogP contribution is 2.22. The van der Waals surface area contributed by atoms with Gasteiger partial charge in [0.1, 0.15) is 5.75 Å². The van der Waals surface area contributed by atoms with Crippen LogP contribution in [0.5, 0.6) is 5.75 Å². The molecule has 4 N–H and O–H groups in total. The van der Waals surface area contributed by atoms with E-state index in [1.165, 1.54) is 0 Å². The van der Waals surface area contributed by atoms with Gasteiger partial charge in [-0.1, -0.05) is 19.9 Å². The number of hydrogen-bond acceptors (Lipinski definition) is 4. The summed E-state index contributed by atoms with van der Waals surface area (Å²) in [6.07, 6.45) is 2.12. The molecule has 0 saturated carbocycles. The van der Waals surface area contributed by atoms with Crippen molar-refractivity contribution in [1.29, 1.82) is 0 Å². The molecule has 0 bridgehead atoms. The second-order valence-electron chi connectivity index (χ2n) is 4.56. The Morgan fingerprint density at radius 2 is 1.94 bits per heavy atom. The number of phenolic OH excluding ortho intramolecular Hbond substituents is 1. The smallest absolute Gasteiger partial charge is 0.138 e. The molecule has 0 aliphatic rings. The van der Waals surface area contributed by atoms with Crippen molar-refractivity contribution in [2.45, 2.75) is 39.3 Å². The maximum absolute atomic E-state index is 9.40. The number of nitrogens with two attached hydrogens (primary N) is 1. The minimum absolute atomic E-state index is 0.120. The van der Waals surface area contributed by atoms with Gasteiger partial charge in [0.2, 0.25) is 0 Å². The molecule has 0 fully saturated rings. The Balaban J connectivity index is 2.78. The zero-order valence-electron chi connectivity index (χ0n) is 11.3. The molecule has 0 aromatic heterocycles. The third-order valence-corrected chi connectivity index (χ3v) is 3.32. The van der Waals surface area contributed by atoms with Crippen LogP contribution in [0.2, 0.25) is 0 Å². The van der Waals surface area contributed by atoms with Crippen molar-refractivity contribution in [3.8, 4) is 5.75 Å². The van der Waals surface area contributed by atoms with Crippen LogP contribution in [0.4, 0.5) is 5.69 Å². The highest BCUT2D eigenvalue weighted by atomic mass is 16.3. The van der Waals surface area contributed by atoms with Crippen LogP contribution in [-0.2, 0) is 6.54 Å². The molecule has 1 aromatic carbocycles. The van der Waals surface area contributed by atoms with Gasteiger partial charge in [0.25, 0.3) is 0 Å². The van der Waals surface area contributed by atoms with E-state index in [1.54, 1.807) is 12.1 Å². The fourth-order valence-electron chi connectivity index (χ4n) is 2.26. The van der Waals surface area contributed by atoms with Gasteiger partial charge in [-0.2, -0.15) is 0 Å². The molecule has 1 rings (SSSR count). The molecule has 0 spiro atoms. The van der Waals surface area contributed by atoms with Gasteiger partial charge in [-0.3, -0.25) is 4.90 Å². The summed E-state index contributed by atoms with van der Waals surface area (Å²) in [5.74, 6) is 0.120. The third-order valence-electron chi connectivity index (χ3n) is 3.32. The first kappa shape index (κ1) is 14.8. The zero-order valence-corrected chi connectivity index (χ0v) is 11.3. The monoisotopic (exact) mass is 252 g/mol. The molecular weight excluding hydrogens is 228 g/mol. The Bertz CT molecular complexity index is 365. The van der Waals surface area contributed by atoms with Crippen molar-refractivity contribution < 1.29 is 10.2 Å². The lowest BCUT2D eigenvalue weighted by Gasteiger charge is -2.30. The van der Waals surface area contributed by atoms with Crippen molar-refractivity contribution in [2.24, 2.45) is 0 Å². The first-order chi connectivity index (χ1) is 8.62. The van der Waals surface area contributed by atoms with E-state index in [2.05, 4.69) is 18.7 Å². The molecule has 4 nitrogen and oxygen atoms in total. The lowest BCUT2D eigenvalue weighted by atomic mass is 10.1. The fourth-order valence-corrected chi connectivity index (χ4v) is 2.26. The van der Waals surface area contributed by atoms with Crippen molar-refractivity contribution in [1.82, 2.24) is 4.90 Å². The van der Waals surface area contributed by atoms with E-state index < -0.39 is 0 Å². The van der Waals surface area contributed by atoms with Gasteiger partial charge >= 0.3 is 0 Å². The number of anilines is 1. The predicted molar refractivity (Wildman–Crippen MR) is 74.4 cm³/mol. The van der Waals surface area contributed by atoms with E-state index in [0.29, 0.717) is 18.3 Å². The third kappa shape index (κ3) is 3.89. The lowest BCUT2D eigenvalue weighted by molar-refractivity contribution is 0.136. The van der Waals surface area contributed by atoms with Crippen molar-refractivity contribution >= 4 is 5.69 Å². The molecule has 0 aliphatic heterocycles. The van der Waals surface area contributed by atoms with Crippen LogP contribution < -0.4 is 5.73 Å². The maximum Gasteiger partial charge on any atom is 0.138 e. The normalized spacial score (nSPS) is 11.4. The molecule has 18 heavy (non-hydrogen) atoms. The SMILES string of the molecule is CCC(CC)N(CCO)Cc1ccc(O)c(N)c1. The van der Waals surface area contributed by atoms with E-state index in [4.69, 9.17) is 10.8 Å². The van der Waals surface area contributed by atoms with Crippen LogP contribution in [0, 0.1) is 0 Å². The zero-order chi connectivity index (χ0) is 13.5. The number of benzene rings is 1. The average molecular weight is 252 g/mol. The summed E-state index contributed by atoms with van der Waals surface area (Å²) in [4.78, 5) is 2.26. The molecule has 0 radical (unpaired) electrons. The number of rotatable bonds is 7. The van der Waals surface area contributed by atoms with Crippen LogP contribution >= 0.6 is 0 Å². The molecule has 0 saturated heterocycles.